The second kappa shape index (κ2) is 6.54. The number of carbonyl (C=O) groups is 1. The van der Waals surface area contributed by atoms with Crippen molar-refractivity contribution in [1.29, 1.82) is 0 Å². The van der Waals surface area contributed by atoms with Crippen molar-refractivity contribution in [3.8, 4) is 0 Å². The molecule has 2 aliphatic heterocycles. The second-order valence-corrected chi connectivity index (χ2v) is 6.34. The highest BCUT2D eigenvalue weighted by molar-refractivity contribution is 5.79. The molecule has 0 unspecified atom stereocenters. The van der Waals surface area contributed by atoms with Crippen LogP contribution in [0.2, 0.25) is 0 Å². The van der Waals surface area contributed by atoms with Crippen molar-refractivity contribution < 1.29 is 4.79 Å². The van der Waals surface area contributed by atoms with Crippen LogP contribution in [-0.4, -0.2) is 43.7 Å². The fraction of sp³-hybridized carbons (Fsp3) is 0.562. The quantitative estimate of drug-likeness (QED) is 0.882. The smallest absolute Gasteiger partial charge is 0.225 e. The molecule has 4 rings (SSSR count). The number of nitrogens with zero attached hydrogens (tertiary/aromatic N) is 6. The minimum absolute atomic E-state index is 0.0384. The summed E-state index contributed by atoms with van der Waals surface area (Å²) in [6.07, 6.45) is 7.43. The molecule has 0 saturated carbocycles. The summed E-state index contributed by atoms with van der Waals surface area (Å²) in [7, 11) is 0. The fourth-order valence-electron chi connectivity index (χ4n) is 3.48. The van der Waals surface area contributed by atoms with Crippen LogP contribution < -0.4 is 10.2 Å². The van der Waals surface area contributed by atoms with Crippen LogP contribution in [-0.2, 0) is 24.3 Å². The highest BCUT2D eigenvalue weighted by Crippen LogP contribution is 2.20. The maximum absolute atomic E-state index is 12.5. The van der Waals surface area contributed by atoms with Gasteiger partial charge in [0.2, 0.25) is 11.9 Å². The van der Waals surface area contributed by atoms with Crippen molar-refractivity contribution in [3.05, 3.63) is 30.1 Å². The first-order valence-corrected chi connectivity index (χ1v) is 8.52. The number of anilines is 1. The Morgan fingerprint density at radius 1 is 1.21 bits per heavy atom. The van der Waals surface area contributed by atoms with Gasteiger partial charge in [0.1, 0.15) is 5.82 Å². The Morgan fingerprint density at radius 3 is 2.96 bits per heavy atom. The van der Waals surface area contributed by atoms with Gasteiger partial charge in [0.05, 0.1) is 12.5 Å². The Hall–Kier alpha value is -2.51. The van der Waals surface area contributed by atoms with Crippen molar-refractivity contribution in [2.45, 2.75) is 38.8 Å². The molecule has 0 aromatic carbocycles. The summed E-state index contributed by atoms with van der Waals surface area (Å²) >= 11 is 0. The molecular formula is C16H21N7O. The summed E-state index contributed by atoms with van der Waals surface area (Å²) in [4.78, 5) is 23.2. The summed E-state index contributed by atoms with van der Waals surface area (Å²) in [5.41, 5.74) is 0. The summed E-state index contributed by atoms with van der Waals surface area (Å²) in [5, 5.41) is 11.4. The van der Waals surface area contributed by atoms with Gasteiger partial charge in [-0.05, 0) is 25.3 Å². The van der Waals surface area contributed by atoms with Gasteiger partial charge in [-0.2, -0.15) is 0 Å². The molecule has 1 amide bonds. The molecule has 4 heterocycles. The molecule has 2 aromatic heterocycles. The van der Waals surface area contributed by atoms with Crippen LogP contribution in [0.1, 0.15) is 30.9 Å². The first-order chi connectivity index (χ1) is 11.8. The zero-order chi connectivity index (χ0) is 16.4. The molecule has 1 fully saturated rings. The van der Waals surface area contributed by atoms with E-state index in [0.29, 0.717) is 19.0 Å². The van der Waals surface area contributed by atoms with E-state index in [1.165, 1.54) is 0 Å². The fourth-order valence-corrected chi connectivity index (χ4v) is 3.48. The monoisotopic (exact) mass is 327 g/mol. The van der Waals surface area contributed by atoms with E-state index < -0.39 is 0 Å². The van der Waals surface area contributed by atoms with E-state index in [9.17, 15) is 4.79 Å². The molecule has 126 valence electrons. The van der Waals surface area contributed by atoms with Crippen LogP contribution >= 0.6 is 0 Å². The average molecular weight is 327 g/mol. The summed E-state index contributed by atoms with van der Waals surface area (Å²) in [6, 6.07) is 1.80. The van der Waals surface area contributed by atoms with E-state index >= 15 is 0 Å². The predicted octanol–water partition coefficient (Wildman–Crippen LogP) is 0.547. The largest absolute Gasteiger partial charge is 0.348 e. The summed E-state index contributed by atoms with van der Waals surface area (Å²) in [5.74, 6) is 2.62. The van der Waals surface area contributed by atoms with E-state index in [1.807, 2.05) is 0 Å². The van der Waals surface area contributed by atoms with Crippen molar-refractivity contribution in [2.75, 3.05) is 18.0 Å². The number of hydrogen-bond donors (Lipinski definition) is 1. The lowest BCUT2D eigenvalue weighted by Gasteiger charge is -2.31. The number of fused-ring (bicyclic) bond motifs is 1. The predicted molar refractivity (Wildman–Crippen MR) is 87.2 cm³/mol. The maximum atomic E-state index is 12.5. The second-order valence-electron chi connectivity index (χ2n) is 6.34. The Morgan fingerprint density at radius 2 is 2.08 bits per heavy atom. The summed E-state index contributed by atoms with van der Waals surface area (Å²) < 4.78 is 2.12. The molecule has 0 spiro atoms. The van der Waals surface area contributed by atoms with E-state index in [0.717, 1.165) is 50.4 Å². The van der Waals surface area contributed by atoms with Gasteiger partial charge in [-0.25, -0.2) is 9.97 Å². The Labute approximate surface area is 140 Å². The highest BCUT2D eigenvalue weighted by atomic mass is 16.1. The van der Waals surface area contributed by atoms with Crippen LogP contribution in [0.4, 0.5) is 5.95 Å². The Bertz CT molecular complexity index is 714. The zero-order valence-electron chi connectivity index (χ0n) is 13.6. The van der Waals surface area contributed by atoms with Crippen molar-refractivity contribution in [2.24, 2.45) is 5.92 Å². The normalized spacial score (nSPS) is 20.0. The molecule has 1 atom stereocenters. The average Bonchev–Trinajstić information content (AvgIpc) is 3.25. The molecule has 0 aliphatic carbocycles. The van der Waals surface area contributed by atoms with Gasteiger partial charge >= 0.3 is 0 Å². The standard InChI is InChI=1S/C16H21N7O/c24-15(19-10-14-21-20-13-5-2-9-23(13)14)12-4-1-8-22(11-12)16-17-6-3-7-18-16/h3,6-7,12H,1-2,4-5,8-11H2,(H,19,24)/t12-/m0/s1. The topological polar surface area (TPSA) is 88.8 Å². The molecule has 0 radical (unpaired) electrons. The molecule has 8 heteroatoms. The number of carbonyl (C=O) groups excluding carboxylic acids is 1. The third kappa shape index (κ3) is 2.95. The van der Waals surface area contributed by atoms with Gasteiger partial charge in [0.25, 0.3) is 0 Å². The Balaban J connectivity index is 1.35. The molecule has 2 aromatic rings. The Kier molecular flexibility index (Phi) is 4.10. The first-order valence-electron chi connectivity index (χ1n) is 8.52. The lowest BCUT2D eigenvalue weighted by Crippen LogP contribution is -2.43. The number of rotatable bonds is 4. The van der Waals surface area contributed by atoms with E-state index in [-0.39, 0.29) is 11.8 Å². The SMILES string of the molecule is O=C(NCc1nnc2n1CCC2)[C@H]1CCCN(c2ncccn2)C1. The molecule has 8 nitrogen and oxygen atoms in total. The molecule has 1 saturated heterocycles. The van der Waals surface area contributed by atoms with Crippen LogP contribution in [0, 0.1) is 5.92 Å². The zero-order valence-corrected chi connectivity index (χ0v) is 13.6. The number of amides is 1. The van der Waals surface area contributed by atoms with Crippen LogP contribution in [0.15, 0.2) is 18.5 Å². The molecule has 1 N–H and O–H groups in total. The van der Waals surface area contributed by atoms with Gasteiger partial charge in [0.15, 0.2) is 5.82 Å². The van der Waals surface area contributed by atoms with Crippen molar-refractivity contribution in [1.82, 2.24) is 30.0 Å². The van der Waals surface area contributed by atoms with Gasteiger partial charge in [-0.15, -0.1) is 10.2 Å². The number of aryl methyl sites for hydroxylation is 1. The number of hydrogen-bond acceptors (Lipinski definition) is 6. The van der Waals surface area contributed by atoms with E-state index in [4.69, 9.17) is 0 Å². The third-order valence-corrected chi connectivity index (χ3v) is 4.73. The number of aromatic nitrogens is 5. The minimum Gasteiger partial charge on any atom is -0.348 e. The molecular weight excluding hydrogens is 306 g/mol. The number of nitrogens with one attached hydrogen (secondary N) is 1. The number of piperidine rings is 1. The molecule has 2 aliphatic rings. The lowest BCUT2D eigenvalue weighted by molar-refractivity contribution is -0.125. The van der Waals surface area contributed by atoms with Gasteiger partial charge in [-0.1, -0.05) is 0 Å². The third-order valence-electron chi connectivity index (χ3n) is 4.73. The van der Waals surface area contributed by atoms with Gasteiger partial charge < -0.3 is 14.8 Å². The van der Waals surface area contributed by atoms with Gasteiger partial charge in [0, 0.05) is 38.4 Å². The van der Waals surface area contributed by atoms with Crippen LogP contribution in [0.3, 0.4) is 0 Å². The van der Waals surface area contributed by atoms with Crippen LogP contribution in [0.25, 0.3) is 0 Å². The van der Waals surface area contributed by atoms with Crippen molar-refractivity contribution in [3.63, 3.8) is 0 Å². The van der Waals surface area contributed by atoms with Crippen molar-refractivity contribution >= 4 is 11.9 Å². The molecule has 24 heavy (non-hydrogen) atoms. The first kappa shape index (κ1) is 15.0. The van der Waals surface area contributed by atoms with E-state index in [1.54, 1.807) is 18.5 Å². The lowest BCUT2D eigenvalue weighted by atomic mass is 9.97. The molecule has 0 bridgehead atoms. The maximum Gasteiger partial charge on any atom is 0.225 e. The minimum atomic E-state index is -0.0384. The van der Waals surface area contributed by atoms with E-state index in [2.05, 4.69) is 34.9 Å². The highest BCUT2D eigenvalue weighted by Gasteiger charge is 2.27. The van der Waals surface area contributed by atoms with Crippen LogP contribution in [0.5, 0.6) is 0 Å². The summed E-state index contributed by atoms with van der Waals surface area (Å²) in [6.45, 7) is 2.96. The van der Waals surface area contributed by atoms with Gasteiger partial charge in [-0.3, -0.25) is 4.79 Å².